The molecule has 1 atom stereocenters. The minimum Gasteiger partial charge on any atom is -0.469 e. The molecule has 98 valence electrons. The third-order valence-electron chi connectivity index (χ3n) is 2.76. The van der Waals surface area contributed by atoms with Gasteiger partial charge in [0.05, 0.1) is 19.4 Å². The van der Waals surface area contributed by atoms with Crippen LogP contribution in [0.4, 0.5) is 0 Å². The second kappa shape index (κ2) is 6.79. The van der Waals surface area contributed by atoms with Gasteiger partial charge >= 0.3 is 11.9 Å². The van der Waals surface area contributed by atoms with E-state index >= 15 is 0 Å². The minimum atomic E-state index is -0.359. The number of carbonyl (C=O) groups excluding carboxylic acids is 2. The summed E-state index contributed by atoms with van der Waals surface area (Å²) in [7, 11) is 1.33. The fraction of sp³-hybridized carbons (Fsp3) is 0.429. The molecule has 0 saturated carbocycles. The maximum atomic E-state index is 11.7. The molecule has 1 unspecified atom stereocenters. The molecule has 0 saturated heterocycles. The number of carbonyl (C=O) groups is 2. The van der Waals surface area contributed by atoms with Gasteiger partial charge in [-0.2, -0.15) is 0 Å². The zero-order chi connectivity index (χ0) is 13.5. The lowest BCUT2D eigenvalue weighted by Crippen LogP contribution is -2.18. The van der Waals surface area contributed by atoms with Crippen molar-refractivity contribution >= 4 is 11.9 Å². The van der Waals surface area contributed by atoms with Crippen LogP contribution in [0.3, 0.4) is 0 Å². The number of rotatable bonds is 5. The predicted molar refractivity (Wildman–Crippen MR) is 67.3 cm³/mol. The Morgan fingerprint density at radius 3 is 2.56 bits per heavy atom. The molecule has 0 bridgehead atoms. The average molecular weight is 250 g/mol. The van der Waals surface area contributed by atoms with E-state index in [1.54, 1.807) is 24.3 Å². The second-order valence-electron chi connectivity index (χ2n) is 4.09. The summed E-state index contributed by atoms with van der Waals surface area (Å²) in [5.41, 5.74) is 0.654. The largest absolute Gasteiger partial charge is 0.469 e. The Balaban J connectivity index is 2.82. The molecule has 0 aromatic heterocycles. The number of esters is 2. The van der Waals surface area contributed by atoms with E-state index in [0.717, 1.165) is 6.42 Å². The zero-order valence-corrected chi connectivity index (χ0v) is 10.9. The summed E-state index contributed by atoms with van der Waals surface area (Å²) >= 11 is 0. The maximum absolute atomic E-state index is 11.7. The number of methoxy groups -OCH3 is 1. The van der Waals surface area contributed by atoms with Gasteiger partial charge in [0.15, 0.2) is 0 Å². The molecule has 1 aromatic rings. The molecule has 0 heterocycles. The average Bonchev–Trinajstić information content (AvgIpc) is 2.39. The van der Waals surface area contributed by atoms with Crippen molar-refractivity contribution in [2.24, 2.45) is 5.92 Å². The van der Waals surface area contributed by atoms with Crippen LogP contribution in [0.25, 0.3) is 0 Å². The molecule has 0 radical (unpaired) electrons. The smallest absolute Gasteiger partial charge is 0.314 e. The van der Waals surface area contributed by atoms with Crippen molar-refractivity contribution < 1.29 is 19.1 Å². The first-order chi connectivity index (χ1) is 8.58. The molecule has 4 heteroatoms. The summed E-state index contributed by atoms with van der Waals surface area (Å²) in [6, 6.07) is 6.98. The first-order valence-electron chi connectivity index (χ1n) is 5.94. The van der Waals surface area contributed by atoms with E-state index in [2.05, 4.69) is 4.74 Å². The first kappa shape index (κ1) is 14.2. The van der Waals surface area contributed by atoms with Crippen LogP contribution in [0, 0.1) is 5.92 Å². The summed E-state index contributed by atoms with van der Waals surface area (Å²) in [5.74, 6) is -0.374. The van der Waals surface area contributed by atoms with Gasteiger partial charge in [-0.25, -0.2) is 0 Å². The second-order valence-corrected chi connectivity index (χ2v) is 4.09. The highest BCUT2D eigenvalue weighted by atomic mass is 16.5. The third-order valence-corrected chi connectivity index (χ3v) is 2.76. The van der Waals surface area contributed by atoms with Crippen LogP contribution in [0.15, 0.2) is 24.3 Å². The molecule has 0 amide bonds. The van der Waals surface area contributed by atoms with Gasteiger partial charge in [0.2, 0.25) is 0 Å². The summed E-state index contributed by atoms with van der Waals surface area (Å²) in [6.45, 7) is 3.73. The fourth-order valence-electron chi connectivity index (χ4n) is 1.35. The van der Waals surface area contributed by atoms with Crippen LogP contribution in [0.5, 0.6) is 5.75 Å². The van der Waals surface area contributed by atoms with E-state index in [1.807, 2.05) is 13.8 Å². The van der Waals surface area contributed by atoms with E-state index in [9.17, 15) is 9.59 Å². The van der Waals surface area contributed by atoms with Crippen LogP contribution >= 0.6 is 0 Å². The van der Waals surface area contributed by atoms with Crippen molar-refractivity contribution in [3.05, 3.63) is 29.8 Å². The van der Waals surface area contributed by atoms with Gasteiger partial charge < -0.3 is 9.47 Å². The molecule has 0 fully saturated rings. The molecular formula is C14H18O4. The Labute approximate surface area is 107 Å². The molecule has 4 nitrogen and oxygen atoms in total. The zero-order valence-electron chi connectivity index (χ0n) is 10.9. The Hall–Kier alpha value is -1.84. The van der Waals surface area contributed by atoms with Crippen LogP contribution in [0.1, 0.15) is 25.8 Å². The molecule has 0 aliphatic rings. The summed E-state index contributed by atoms with van der Waals surface area (Å²) in [4.78, 5) is 23.0. The van der Waals surface area contributed by atoms with Crippen LogP contribution in [-0.2, 0) is 20.7 Å². The number of hydrogen-bond donors (Lipinski definition) is 0. The van der Waals surface area contributed by atoms with E-state index in [0.29, 0.717) is 11.3 Å². The van der Waals surface area contributed by atoms with Crippen LogP contribution in [0.2, 0.25) is 0 Å². The SMILES string of the molecule is CCC(C)C(=O)Oc1ccccc1CC(=O)OC. The van der Waals surface area contributed by atoms with Crippen molar-refractivity contribution in [3.63, 3.8) is 0 Å². The van der Waals surface area contributed by atoms with Crippen LogP contribution < -0.4 is 4.74 Å². The molecule has 0 spiro atoms. The summed E-state index contributed by atoms with van der Waals surface area (Å²) in [5, 5.41) is 0. The Morgan fingerprint density at radius 1 is 1.28 bits per heavy atom. The highest BCUT2D eigenvalue weighted by Gasteiger charge is 2.16. The van der Waals surface area contributed by atoms with Gasteiger partial charge in [0, 0.05) is 5.56 Å². The standard InChI is InChI=1S/C14H18O4/c1-4-10(2)14(16)18-12-8-6-5-7-11(12)9-13(15)17-3/h5-8,10H,4,9H2,1-3H3. The lowest BCUT2D eigenvalue weighted by atomic mass is 10.1. The third kappa shape index (κ3) is 3.87. The summed E-state index contributed by atoms with van der Waals surface area (Å²) in [6.07, 6.45) is 0.818. The van der Waals surface area contributed by atoms with E-state index < -0.39 is 0 Å². The number of benzene rings is 1. The fourth-order valence-corrected chi connectivity index (χ4v) is 1.35. The molecule has 18 heavy (non-hydrogen) atoms. The van der Waals surface area contributed by atoms with Crippen molar-refractivity contribution in [2.75, 3.05) is 7.11 Å². The van der Waals surface area contributed by atoms with E-state index in [-0.39, 0.29) is 24.3 Å². The van der Waals surface area contributed by atoms with Gasteiger partial charge in [-0.15, -0.1) is 0 Å². The van der Waals surface area contributed by atoms with Gasteiger partial charge in [-0.3, -0.25) is 9.59 Å². The van der Waals surface area contributed by atoms with Crippen molar-refractivity contribution in [1.29, 1.82) is 0 Å². The Morgan fingerprint density at radius 2 is 1.94 bits per heavy atom. The lowest BCUT2D eigenvalue weighted by molar-refractivity contribution is -0.141. The monoisotopic (exact) mass is 250 g/mol. The van der Waals surface area contributed by atoms with Gasteiger partial charge in [-0.1, -0.05) is 32.0 Å². The van der Waals surface area contributed by atoms with E-state index in [4.69, 9.17) is 4.74 Å². The van der Waals surface area contributed by atoms with Gasteiger partial charge in [0.25, 0.3) is 0 Å². The normalized spacial score (nSPS) is 11.7. The Bertz CT molecular complexity index is 426. The molecule has 0 aliphatic heterocycles. The van der Waals surface area contributed by atoms with E-state index in [1.165, 1.54) is 7.11 Å². The minimum absolute atomic E-state index is 0.0977. The number of hydrogen-bond acceptors (Lipinski definition) is 4. The summed E-state index contributed by atoms with van der Waals surface area (Å²) < 4.78 is 9.90. The first-order valence-corrected chi connectivity index (χ1v) is 5.94. The van der Waals surface area contributed by atoms with Gasteiger partial charge in [0.1, 0.15) is 5.75 Å². The molecule has 1 aromatic carbocycles. The quantitative estimate of drug-likeness (QED) is 0.594. The lowest BCUT2D eigenvalue weighted by Gasteiger charge is -2.12. The van der Waals surface area contributed by atoms with Crippen molar-refractivity contribution in [3.8, 4) is 5.75 Å². The highest BCUT2D eigenvalue weighted by Crippen LogP contribution is 2.20. The maximum Gasteiger partial charge on any atom is 0.314 e. The van der Waals surface area contributed by atoms with Crippen LogP contribution in [-0.4, -0.2) is 19.0 Å². The molecule has 0 aliphatic carbocycles. The molecule has 0 N–H and O–H groups in total. The topological polar surface area (TPSA) is 52.6 Å². The highest BCUT2D eigenvalue weighted by molar-refractivity contribution is 5.77. The predicted octanol–water partition coefficient (Wildman–Crippen LogP) is 2.35. The number of ether oxygens (including phenoxy) is 2. The van der Waals surface area contributed by atoms with Crippen molar-refractivity contribution in [1.82, 2.24) is 0 Å². The Kier molecular flexibility index (Phi) is 5.36. The number of para-hydroxylation sites is 1. The van der Waals surface area contributed by atoms with Crippen molar-refractivity contribution in [2.45, 2.75) is 26.7 Å². The van der Waals surface area contributed by atoms with Gasteiger partial charge in [-0.05, 0) is 12.5 Å². The molecule has 1 rings (SSSR count). The molecular weight excluding hydrogens is 232 g/mol.